The molecule has 0 aromatic heterocycles. The van der Waals surface area contributed by atoms with Crippen LogP contribution in [0.4, 0.5) is 11.4 Å². The van der Waals surface area contributed by atoms with E-state index in [2.05, 4.69) is 16.0 Å². The van der Waals surface area contributed by atoms with Gasteiger partial charge in [-0.05, 0) is 66.2 Å². The van der Waals surface area contributed by atoms with Crippen LogP contribution in [0.15, 0.2) is 115 Å². The van der Waals surface area contributed by atoms with Gasteiger partial charge in [0.2, 0.25) is 0 Å². The molecule has 0 aliphatic heterocycles. The monoisotopic (exact) mass is 505 g/mol. The van der Waals surface area contributed by atoms with Gasteiger partial charge in [0.15, 0.2) is 0 Å². The summed E-state index contributed by atoms with van der Waals surface area (Å²) in [4.78, 5) is 49.7. The maximum Gasteiger partial charge on any atom is 0.335 e. The van der Waals surface area contributed by atoms with E-state index in [4.69, 9.17) is 0 Å². The van der Waals surface area contributed by atoms with Crippen molar-refractivity contribution in [3.8, 4) is 0 Å². The van der Waals surface area contributed by atoms with E-state index in [1.165, 1.54) is 36.4 Å². The Morgan fingerprint density at radius 1 is 0.579 bits per heavy atom. The first-order chi connectivity index (χ1) is 18.4. The quantitative estimate of drug-likeness (QED) is 0.250. The van der Waals surface area contributed by atoms with Gasteiger partial charge in [0.25, 0.3) is 17.7 Å². The van der Waals surface area contributed by atoms with Crippen molar-refractivity contribution >= 4 is 41.1 Å². The van der Waals surface area contributed by atoms with E-state index in [0.717, 1.165) is 0 Å². The smallest absolute Gasteiger partial charge is 0.335 e. The average molecular weight is 506 g/mol. The maximum absolute atomic E-state index is 13.1. The van der Waals surface area contributed by atoms with E-state index in [-0.39, 0.29) is 28.4 Å². The number of carboxylic acid groups (broad SMARTS) is 1. The lowest BCUT2D eigenvalue weighted by molar-refractivity contribution is -0.113. The molecule has 188 valence electrons. The molecule has 0 aliphatic rings. The van der Waals surface area contributed by atoms with Gasteiger partial charge in [0.05, 0.1) is 5.56 Å². The van der Waals surface area contributed by atoms with Crippen molar-refractivity contribution in [1.82, 2.24) is 5.32 Å². The number of benzene rings is 4. The van der Waals surface area contributed by atoms with Crippen LogP contribution < -0.4 is 16.0 Å². The Bertz CT molecular complexity index is 1500. The molecule has 0 aliphatic carbocycles. The van der Waals surface area contributed by atoms with Crippen molar-refractivity contribution in [3.63, 3.8) is 0 Å². The molecule has 0 atom stereocenters. The Kier molecular flexibility index (Phi) is 8.05. The molecule has 0 bridgehead atoms. The van der Waals surface area contributed by atoms with Crippen LogP contribution in [0, 0.1) is 0 Å². The van der Waals surface area contributed by atoms with Gasteiger partial charge in [-0.25, -0.2) is 4.79 Å². The second-order valence-corrected chi connectivity index (χ2v) is 8.16. The Balaban J connectivity index is 1.50. The topological polar surface area (TPSA) is 125 Å². The molecular weight excluding hydrogens is 482 g/mol. The van der Waals surface area contributed by atoms with Crippen LogP contribution in [0.2, 0.25) is 0 Å². The van der Waals surface area contributed by atoms with E-state index in [1.54, 1.807) is 66.7 Å². The first-order valence-electron chi connectivity index (χ1n) is 11.6. The van der Waals surface area contributed by atoms with E-state index < -0.39 is 17.8 Å². The Labute approximate surface area is 218 Å². The van der Waals surface area contributed by atoms with Crippen molar-refractivity contribution in [1.29, 1.82) is 0 Å². The molecule has 8 nitrogen and oxygen atoms in total. The number of rotatable bonds is 8. The summed E-state index contributed by atoms with van der Waals surface area (Å²) in [7, 11) is 0. The van der Waals surface area contributed by atoms with Crippen LogP contribution in [0.25, 0.3) is 6.08 Å². The summed E-state index contributed by atoms with van der Waals surface area (Å²) in [6, 6.07) is 29.7. The summed E-state index contributed by atoms with van der Waals surface area (Å²) in [5, 5.41) is 17.2. The highest BCUT2D eigenvalue weighted by molar-refractivity contribution is 6.11. The molecule has 8 heteroatoms. The predicted octanol–water partition coefficient (Wildman–Crippen LogP) is 5.05. The molecule has 4 rings (SSSR count). The number of amides is 3. The van der Waals surface area contributed by atoms with Crippen LogP contribution in [-0.4, -0.2) is 28.8 Å². The molecule has 4 aromatic carbocycles. The molecule has 0 saturated carbocycles. The number of aromatic carboxylic acids is 1. The highest BCUT2D eigenvalue weighted by Gasteiger charge is 2.16. The molecule has 4 aromatic rings. The molecule has 4 N–H and O–H groups in total. The molecule has 38 heavy (non-hydrogen) atoms. The summed E-state index contributed by atoms with van der Waals surface area (Å²) in [5.41, 5.74) is 2.19. The maximum atomic E-state index is 13.1. The predicted molar refractivity (Wildman–Crippen MR) is 145 cm³/mol. The third-order valence-electron chi connectivity index (χ3n) is 5.41. The second kappa shape index (κ2) is 12.0. The molecule has 0 heterocycles. The van der Waals surface area contributed by atoms with Crippen molar-refractivity contribution in [2.45, 2.75) is 0 Å². The minimum Gasteiger partial charge on any atom is -0.478 e. The number of hydrogen-bond donors (Lipinski definition) is 4. The Morgan fingerprint density at radius 3 is 1.84 bits per heavy atom. The lowest BCUT2D eigenvalue weighted by Gasteiger charge is -2.12. The molecular formula is C30H23N3O5. The standard InChI is InChI=1S/C30H23N3O5/c34-27(21-10-5-2-6-11-21)31-24-16-14-22(15-17-24)28(35)33-26(18-20-8-3-1-4-9-20)29(36)32-25-13-7-12-23(19-25)30(37)38/h1-19H,(H,31,34)(H,32,36)(H,33,35)(H,37,38)/b26-18-. The van der Waals surface area contributed by atoms with Gasteiger partial charge in [0, 0.05) is 22.5 Å². The van der Waals surface area contributed by atoms with Gasteiger partial charge in [-0.15, -0.1) is 0 Å². The summed E-state index contributed by atoms with van der Waals surface area (Å²) in [5.74, 6) is -2.57. The first-order valence-corrected chi connectivity index (χ1v) is 11.6. The fourth-order valence-electron chi connectivity index (χ4n) is 3.49. The molecule has 0 saturated heterocycles. The Morgan fingerprint density at radius 2 is 1.18 bits per heavy atom. The fourth-order valence-corrected chi connectivity index (χ4v) is 3.49. The lowest BCUT2D eigenvalue weighted by Crippen LogP contribution is -2.30. The Hall–Kier alpha value is -5.50. The number of carbonyl (C=O) groups excluding carboxylic acids is 3. The average Bonchev–Trinajstić information content (AvgIpc) is 2.94. The van der Waals surface area contributed by atoms with Gasteiger partial charge in [0.1, 0.15) is 5.70 Å². The van der Waals surface area contributed by atoms with Gasteiger partial charge in [-0.1, -0.05) is 54.6 Å². The van der Waals surface area contributed by atoms with Gasteiger partial charge in [-0.2, -0.15) is 0 Å². The van der Waals surface area contributed by atoms with Gasteiger partial charge >= 0.3 is 5.97 Å². The van der Waals surface area contributed by atoms with E-state index >= 15 is 0 Å². The van der Waals surface area contributed by atoms with Crippen LogP contribution >= 0.6 is 0 Å². The van der Waals surface area contributed by atoms with Gasteiger partial charge < -0.3 is 21.1 Å². The van der Waals surface area contributed by atoms with Gasteiger partial charge in [-0.3, -0.25) is 14.4 Å². The molecule has 0 fully saturated rings. The summed E-state index contributed by atoms with van der Waals surface area (Å²) >= 11 is 0. The third kappa shape index (κ3) is 6.79. The number of hydrogen-bond acceptors (Lipinski definition) is 4. The normalized spacial score (nSPS) is 10.8. The summed E-state index contributed by atoms with van der Waals surface area (Å²) in [6.07, 6.45) is 1.52. The molecule has 0 radical (unpaired) electrons. The zero-order valence-electron chi connectivity index (χ0n) is 20.0. The van der Waals surface area contributed by atoms with Crippen molar-refractivity contribution < 1.29 is 24.3 Å². The number of anilines is 2. The van der Waals surface area contributed by atoms with E-state index in [1.807, 2.05) is 12.1 Å². The van der Waals surface area contributed by atoms with Crippen molar-refractivity contribution in [2.24, 2.45) is 0 Å². The number of carbonyl (C=O) groups is 4. The number of carboxylic acids is 1. The SMILES string of the molecule is O=C(Nc1cccc(C(=O)O)c1)/C(=C/c1ccccc1)NC(=O)c1ccc(NC(=O)c2ccccc2)cc1. The molecule has 0 spiro atoms. The van der Waals surface area contributed by atoms with Crippen molar-refractivity contribution in [3.05, 3.63) is 137 Å². The second-order valence-electron chi connectivity index (χ2n) is 8.16. The van der Waals surface area contributed by atoms with E-state index in [0.29, 0.717) is 16.8 Å². The third-order valence-corrected chi connectivity index (χ3v) is 5.41. The van der Waals surface area contributed by atoms with Crippen LogP contribution in [0.5, 0.6) is 0 Å². The fraction of sp³-hybridized carbons (Fsp3) is 0. The summed E-state index contributed by atoms with van der Waals surface area (Å²) in [6.45, 7) is 0. The highest BCUT2D eigenvalue weighted by atomic mass is 16.4. The van der Waals surface area contributed by atoms with Crippen LogP contribution in [0.3, 0.4) is 0 Å². The molecule has 3 amide bonds. The van der Waals surface area contributed by atoms with Crippen LogP contribution in [-0.2, 0) is 4.79 Å². The largest absolute Gasteiger partial charge is 0.478 e. The molecule has 0 unspecified atom stereocenters. The summed E-state index contributed by atoms with van der Waals surface area (Å²) < 4.78 is 0. The lowest BCUT2D eigenvalue weighted by atomic mass is 10.1. The minimum atomic E-state index is -1.13. The first kappa shape index (κ1) is 25.6. The van der Waals surface area contributed by atoms with E-state index in [9.17, 15) is 24.3 Å². The van der Waals surface area contributed by atoms with Crippen molar-refractivity contribution in [2.75, 3.05) is 10.6 Å². The zero-order valence-corrected chi connectivity index (χ0v) is 20.0. The number of nitrogens with one attached hydrogen (secondary N) is 3. The van der Waals surface area contributed by atoms with Crippen LogP contribution in [0.1, 0.15) is 36.6 Å². The zero-order chi connectivity index (χ0) is 26.9. The highest BCUT2D eigenvalue weighted by Crippen LogP contribution is 2.15. The minimum absolute atomic E-state index is 0.0138.